The SMILES string of the molecule is CCCCCCCCC1CCC(c2ccc(-c3ccc(-c4ccc(COCCCC)c(F)c4F)cc3)cc2F)CO1. The Labute approximate surface area is 244 Å². The molecular weight excluding hydrogens is 521 g/mol. The molecule has 4 rings (SSSR count). The number of halogens is 3. The molecule has 1 saturated heterocycles. The number of ether oxygens (including phenoxy) is 2. The van der Waals surface area contributed by atoms with E-state index in [9.17, 15) is 8.78 Å². The summed E-state index contributed by atoms with van der Waals surface area (Å²) in [5, 5.41) is 0. The number of rotatable bonds is 15. The number of hydrogen-bond donors (Lipinski definition) is 0. The van der Waals surface area contributed by atoms with Crippen LogP contribution in [0.4, 0.5) is 13.2 Å². The van der Waals surface area contributed by atoms with E-state index in [1.54, 1.807) is 30.3 Å². The molecule has 2 atom stereocenters. The highest BCUT2D eigenvalue weighted by Crippen LogP contribution is 2.34. The van der Waals surface area contributed by atoms with Crippen molar-refractivity contribution in [2.24, 2.45) is 0 Å². The second kappa shape index (κ2) is 16.1. The maximum atomic E-state index is 15.2. The fraction of sp³-hybridized carbons (Fsp3) is 0.500. The van der Waals surface area contributed by atoms with Gasteiger partial charge in [0.05, 0.1) is 19.3 Å². The van der Waals surface area contributed by atoms with Gasteiger partial charge in [0.1, 0.15) is 5.82 Å². The lowest BCUT2D eigenvalue weighted by Gasteiger charge is -2.29. The van der Waals surface area contributed by atoms with Crippen LogP contribution in [0.3, 0.4) is 0 Å². The largest absolute Gasteiger partial charge is 0.378 e. The van der Waals surface area contributed by atoms with Gasteiger partial charge in [0.15, 0.2) is 11.6 Å². The molecule has 0 aliphatic carbocycles. The predicted molar refractivity (Wildman–Crippen MR) is 161 cm³/mol. The molecule has 0 amide bonds. The predicted octanol–water partition coefficient (Wildman–Crippen LogP) is 10.8. The van der Waals surface area contributed by atoms with Gasteiger partial charge in [0, 0.05) is 23.7 Å². The molecule has 41 heavy (non-hydrogen) atoms. The molecule has 3 aromatic carbocycles. The molecule has 0 bridgehead atoms. The summed E-state index contributed by atoms with van der Waals surface area (Å²) in [6.45, 7) is 5.43. The van der Waals surface area contributed by atoms with E-state index in [1.807, 2.05) is 31.2 Å². The Morgan fingerprint density at radius 3 is 2.15 bits per heavy atom. The van der Waals surface area contributed by atoms with E-state index in [-0.39, 0.29) is 29.5 Å². The summed E-state index contributed by atoms with van der Waals surface area (Å²) in [6.07, 6.45) is 12.9. The fourth-order valence-corrected chi connectivity index (χ4v) is 5.66. The summed E-state index contributed by atoms with van der Waals surface area (Å²) >= 11 is 0. The quantitative estimate of drug-likeness (QED) is 0.170. The summed E-state index contributed by atoms with van der Waals surface area (Å²) in [5.41, 5.74) is 3.25. The molecule has 3 aromatic rings. The van der Waals surface area contributed by atoms with E-state index in [0.717, 1.165) is 43.2 Å². The lowest BCUT2D eigenvalue weighted by atomic mass is 9.88. The van der Waals surface area contributed by atoms with E-state index < -0.39 is 11.6 Å². The standard InChI is InChI=1S/C36H45F3O2/c1-3-5-7-8-9-10-11-31-19-16-29(25-41-31)32-20-17-28(23-34(32)37)26-12-14-27(15-13-26)33-21-18-30(35(38)36(33)39)24-40-22-6-4-2/h12-15,17-18,20-21,23,29,31H,3-11,16,19,22,24-25H2,1-2H3. The normalized spacial score (nSPS) is 17.2. The second-order valence-electron chi connectivity index (χ2n) is 11.4. The molecule has 222 valence electrons. The van der Waals surface area contributed by atoms with Gasteiger partial charge >= 0.3 is 0 Å². The van der Waals surface area contributed by atoms with Crippen molar-refractivity contribution < 1.29 is 22.6 Å². The van der Waals surface area contributed by atoms with Crippen molar-refractivity contribution in [1.82, 2.24) is 0 Å². The van der Waals surface area contributed by atoms with E-state index in [1.165, 1.54) is 38.5 Å². The lowest BCUT2D eigenvalue weighted by Crippen LogP contribution is -2.25. The van der Waals surface area contributed by atoms with Gasteiger partial charge in [-0.2, -0.15) is 0 Å². The number of unbranched alkanes of at least 4 members (excludes halogenated alkanes) is 6. The topological polar surface area (TPSA) is 18.5 Å². The van der Waals surface area contributed by atoms with Crippen molar-refractivity contribution >= 4 is 0 Å². The van der Waals surface area contributed by atoms with Crippen LogP contribution in [0.5, 0.6) is 0 Å². The van der Waals surface area contributed by atoms with Gasteiger partial charge < -0.3 is 9.47 Å². The molecule has 2 nitrogen and oxygen atoms in total. The van der Waals surface area contributed by atoms with Crippen LogP contribution < -0.4 is 0 Å². The van der Waals surface area contributed by atoms with Crippen LogP contribution in [0.15, 0.2) is 54.6 Å². The molecule has 2 unspecified atom stereocenters. The summed E-state index contributed by atoms with van der Waals surface area (Å²) in [4.78, 5) is 0. The monoisotopic (exact) mass is 566 g/mol. The zero-order chi connectivity index (χ0) is 29.0. The van der Waals surface area contributed by atoms with Crippen molar-refractivity contribution in [1.29, 1.82) is 0 Å². The molecule has 1 aliphatic rings. The second-order valence-corrected chi connectivity index (χ2v) is 11.4. The fourth-order valence-electron chi connectivity index (χ4n) is 5.66. The van der Waals surface area contributed by atoms with E-state index in [2.05, 4.69) is 6.92 Å². The van der Waals surface area contributed by atoms with Crippen LogP contribution in [-0.2, 0) is 16.1 Å². The molecule has 0 spiro atoms. The zero-order valence-electron chi connectivity index (χ0n) is 24.7. The maximum absolute atomic E-state index is 15.2. The minimum atomic E-state index is -0.881. The summed E-state index contributed by atoms with van der Waals surface area (Å²) in [6, 6.07) is 15.7. The van der Waals surface area contributed by atoms with Crippen LogP contribution in [0.1, 0.15) is 102 Å². The van der Waals surface area contributed by atoms with Crippen LogP contribution in [0, 0.1) is 17.5 Å². The van der Waals surface area contributed by atoms with Gasteiger partial charge in [0.25, 0.3) is 0 Å². The first-order chi connectivity index (χ1) is 20.0. The third-order valence-electron chi connectivity index (χ3n) is 8.28. The van der Waals surface area contributed by atoms with Gasteiger partial charge in [-0.25, -0.2) is 13.2 Å². The van der Waals surface area contributed by atoms with E-state index >= 15 is 4.39 Å². The average Bonchev–Trinajstić information content (AvgIpc) is 3.00. The van der Waals surface area contributed by atoms with Crippen molar-refractivity contribution in [3.63, 3.8) is 0 Å². The Kier molecular flexibility index (Phi) is 12.3. The van der Waals surface area contributed by atoms with Gasteiger partial charge in [-0.05, 0) is 54.0 Å². The third-order valence-corrected chi connectivity index (χ3v) is 8.28. The first kappa shape index (κ1) is 31.3. The Morgan fingerprint density at radius 1 is 0.732 bits per heavy atom. The number of benzene rings is 3. The minimum absolute atomic E-state index is 0.0519. The van der Waals surface area contributed by atoms with Gasteiger partial charge in [-0.1, -0.05) is 107 Å². The van der Waals surface area contributed by atoms with Crippen LogP contribution in [0.25, 0.3) is 22.3 Å². The van der Waals surface area contributed by atoms with Crippen LogP contribution in [-0.4, -0.2) is 19.3 Å². The lowest BCUT2D eigenvalue weighted by molar-refractivity contribution is -0.00274. The van der Waals surface area contributed by atoms with Gasteiger partial charge in [-0.3, -0.25) is 0 Å². The van der Waals surface area contributed by atoms with Crippen molar-refractivity contribution in [3.8, 4) is 22.3 Å². The van der Waals surface area contributed by atoms with E-state index in [0.29, 0.717) is 30.4 Å². The summed E-state index contributed by atoms with van der Waals surface area (Å²) in [7, 11) is 0. The van der Waals surface area contributed by atoms with Crippen molar-refractivity contribution in [3.05, 3.63) is 83.2 Å². The molecule has 0 radical (unpaired) electrons. The van der Waals surface area contributed by atoms with Gasteiger partial charge in [-0.15, -0.1) is 0 Å². The first-order valence-electron chi connectivity index (χ1n) is 15.6. The molecular formula is C36H45F3O2. The highest BCUT2D eigenvalue weighted by Gasteiger charge is 2.25. The molecule has 1 heterocycles. The van der Waals surface area contributed by atoms with Crippen LogP contribution in [0.2, 0.25) is 0 Å². The highest BCUT2D eigenvalue weighted by molar-refractivity contribution is 5.71. The van der Waals surface area contributed by atoms with Crippen molar-refractivity contribution in [2.75, 3.05) is 13.2 Å². The Morgan fingerprint density at radius 2 is 1.44 bits per heavy atom. The molecule has 1 fully saturated rings. The molecule has 0 aromatic heterocycles. The highest BCUT2D eigenvalue weighted by atomic mass is 19.2. The first-order valence-corrected chi connectivity index (χ1v) is 15.6. The van der Waals surface area contributed by atoms with Crippen molar-refractivity contribution in [2.45, 2.75) is 103 Å². The average molecular weight is 567 g/mol. The minimum Gasteiger partial charge on any atom is -0.378 e. The Balaban J connectivity index is 1.33. The maximum Gasteiger partial charge on any atom is 0.167 e. The molecule has 0 saturated carbocycles. The van der Waals surface area contributed by atoms with E-state index in [4.69, 9.17) is 9.47 Å². The zero-order valence-corrected chi connectivity index (χ0v) is 24.7. The number of hydrogen-bond acceptors (Lipinski definition) is 2. The third kappa shape index (κ3) is 8.68. The van der Waals surface area contributed by atoms with Gasteiger partial charge in [0.2, 0.25) is 0 Å². The Bertz CT molecular complexity index is 1220. The molecule has 1 aliphatic heterocycles. The summed E-state index contributed by atoms with van der Waals surface area (Å²) in [5.74, 6) is -1.90. The smallest absolute Gasteiger partial charge is 0.167 e. The molecule has 5 heteroatoms. The molecule has 0 N–H and O–H groups in total. The van der Waals surface area contributed by atoms with Crippen LogP contribution >= 0.6 is 0 Å². The summed E-state index contributed by atoms with van der Waals surface area (Å²) < 4.78 is 56.3. The Hall–Kier alpha value is -2.63.